The first-order valence-electron chi connectivity index (χ1n) is 5.57. The van der Waals surface area contributed by atoms with Crippen LogP contribution in [0.3, 0.4) is 0 Å². The number of carbonyl (C=O) groups is 1. The Morgan fingerprint density at radius 2 is 1.94 bits per heavy atom. The fourth-order valence-electron chi connectivity index (χ4n) is 1.79. The number of halogens is 2. The van der Waals surface area contributed by atoms with E-state index in [1.54, 1.807) is 0 Å². The molecular weight excluding hydrogens is 349 g/mol. The molecule has 0 atom stereocenters. The second kappa shape index (κ2) is 5.87. The van der Waals surface area contributed by atoms with E-state index in [0.29, 0.717) is 6.42 Å². The molecule has 1 aromatic rings. The zero-order chi connectivity index (χ0) is 12.3. The molecule has 2 nitrogen and oxygen atoms in total. The van der Waals surface area contributed by atoms with Crippen molar-refractivity contribution in [3.8, 4) is 0 Å². The Balaban J connectivity index is 2.00. The molecule has 0 saturated carbocycles. The minimum Gasteiger partial charge on any atom is -0.383 e. The summed E-state index contributed by atoms with van der Waals surface area (Å²) in [5, 5.41) is 4.09. The van der Waals surface area contributed by atoms with Crippen LogP contribution in [0.1, 0.15) is 24.8 Å². The topological polar surface area (TPSA) is 29.1 Å². The SMILES string of the molecule is O=C1CCCC(NCc2ccc(Cl)cc2)=C1I. The van der Waals surface area contributed by atoms with E-state index >= 15 is 0 Å². The van der Waals surface area contributed by atoms with Crippen molar-refractivity contribution in [2.75, 3.05) is 0 Å². The smallest absolute Gasteiger partial charge is 0.170 e. The summed E-state index contributed by atoms with van der Waals surface area (Å²) >= 11 is 7.97. The van der Waals surface area contributed by atoms with E-state index < -0.39 is 0 Å². The summed E-state index contributed by atoms with van der Waals surface area (Å²) in [6.45, 7) is 0.742. The molecule has 0 aromatic heterocycles. The molecule has 0 fully saturated rings. The second-order valence-corrected chi connectivity index (χ2v) is 5.56. The van der Waals surface area contributed by atoms with Gasteiger partial charge < -0.3 is 5.32 Å². The Morgan fingerprint density at radius 1 is 1.24 bits per heavy atom. The quantitative estimate of drug-likeness (QED) is 0.829. The van der Waals surface area contributed by atoms with Crippen LogP contribution < -0.4 is 5.32 Å². The van der Waals surface area contributed by atoms with Crippen molar-refractivity contribution in [1.29, 1.82) is 0 Å². The first kappa shape index (κ1) is 12.9. The third-order valence-corrected chi connectivity index (χ3v) is 4.26. The molecule has 4 heteroatoms. The number of hydrogen-bond donors (Lipinski definition) is 1. The number of Topliss-reactive ketones (excluding diaryl/α,β-unsaturated/α-hetero) is 1. The predicted octanol–water partition coefficient (Wildman–Crippen LogP) is 3.83. The Labute approximate surface area is 120 Å². The molecule has 0 unspecified atom stereocenters. The summed E-state index contributed by atoms with van der Waals surface area (Å²) < 4.78 is 0.864. The summed E-state index contributed by atoms with van der Waals surface area (Å²) in [4.78, 5) is 11.5. The lowest BCUT2D eigenvalue weighted by Gasteiger charge is -2.17. The van der Waals surface area contributed by atoms with Gasteiger partial charge in [-0.2, -0.15) is 0 Å². The standard InChI is InChI=1S/C13H13ClINO/c14-10-6-4-9(5-7-10)8-16-11-2-1-3-12(17)13(11)15/h4-7,16H,1-3,8H2. The molecule has 0 bridgehead atoms. The lowest BCUT2D eigenvalue weighted by molar-refractivity contribution is -0.115. The van der Waals surface area contributed by atoms with E-state index in [2.05, 4.69) is 27.9 Å². The van der Waals surface area contributed by atoms with Crippen LogP contribution in [0.2, 0.25) is 5.02 Å². The zero-order valence-corrected chi connectivity index (χ0v) is 12.2. The largest absolute Gasteiger partial charge is 0.383 e. The number of benzene rings is 1. The van der Waals surface area contributed by atoms with Gasteiger partial charge in [-0.15, -0.1) is 0 Å². The molecule has 0 aliphatic heterocycles. The number of hydrogen-bond acceptors (Lipinski definition) is 2. The van der Waals surface area contributed by atoms with Crippen molar-refractivity contribution in [3.05, 3.63) is 44.1 Å². The maximum atomic E-state index is 11.5. The molecule has 1 N–H and O–H groups in total. The lowest BCUT2D eigenvalue weighted by Crippen LogP contribution is -2.19. The van der Waals surface area contributed by atoms with Crippen LogP contribution in [0, 0.1) is 0 Å². The van der Waals surface area contributed by atoms with E-state index in [0.717, 1.165) is 33.7 Å². The fourth-order valence-corrected chi connectivity index (χ4v) is 2.65. The van der Waals surface area contributed by atoms with Gasteiger partial charge in [0, 0.05) is 23.7 Å². The molecule has 2 rings (SSSR count). The van der Waals surface area contributed by atoms with Gasteiger partial charge >= 0.3 is 0 Å². The minimum atomic E-state index is 0.260. The molecule has 0 amide bonds. The van der Waals surface area contributed by atoms with Crippen molar-refractivity contribution in [2.24, 2.45) is 0 Å². The highest BCUT2D eigenvalue weighted by molar-refractivity contribution is 14.1. The maximum absolute atomic E-state index is 11.5. The monoisotopic (exact) mass is 361 g/mol. The first-order chi connectivity index (χ1) is 8.16. The van der Waals surface area contributed by atoms with E-state index in [1.807, 2.05) is 24.3 Å². The van der Waals surface area contributed by atoms with Gasteiger partial charge in [-0.25, -0.2) is 0 Å². The number of carbonyl (C=O) groups excluding carboxylic acids is 1. The normalized spacial score (nSPS) is 16.2. The average Bonchev–Trinajstić information content (AvgIpc) is 2.33. The van der Waals surface area contributed by atoms with E-state index in [9.17, 15) is 4.79 Å². The third kappa shape index (κ3) is 3.45. The highest BCUT2D eigenvalue weighted by atomic mass is 127. The van der Waals surface area contributed by atoms with Gasteiger partial charge in [-0.1, -0.05) is 23.7 Å². The van der Waals surface area contributed by atoms with Gasteiger partial charge in [0.05, 0.1) is 3.58 Å². The van der Waals surface area contributed by atoms with Gasteiger partial charge in [0.15, 0.2) is 5.78 Å². The van der Waals surface area contributed by atoms with Crippen molar-refractivity contribution in [1.82, 2.24) is 5.32 Å². The number of allylic oxidation sites excluding steroid dienone is 2. The zero-order valence-electron chi connectivity index (χ0n) is 9.30. The van der Waals surface area contributed by atoms with Crippen LogP contribution in [0.4, 0.5) is 0 Å². The number of nitrogens with one attached hydrogen (secondary N) is 1. The van der Waals surface area contributed by atoms with Crippen LogP contribution in [0.15, 0.2) is 33.5 Å². The van der Waals surface area contributed by atoms with Crippen LogP contribution in [-0.4, -0.2) is 5.78 Å². The Kier molecular flexibility index (Phi) is 4.45. The van der Waals surface area contributed by atoms with Crippen molar-refractivity contribution in [2.45, 2.75) is 25.8 Å². The molecule has 0 spiro atoms. The maximum Gasteiger partial charge on any atom is 0.170 e. The van der Waals surface area contributed by atoms with Crippen LogP contribution in [0.25, 0.3) is 0 Å². The van der Waals surface area contributed by atoms with E-state index in [4.69, 9.17) is 11.6 Å². The summed E-state index contributed by atoms with van der Waals surface area (Å²) in [6.07, 6.45) is 2.61. The van der Waals surface area contributed by atoms with Gasteiger partial charge in [0.1, 0.15) is 0 Å². The summed E-state index contributed by atoms with van der Waals surface area (Å²) in [5.74, 6) is 0.260. The number of rotatable bonds is 3. The predicted molar refractivity (Wildman–Crippen MR) is 78.2 cm³/mol. The second-order valence-electron chi connectivity index (χ2n) is 4.05. The van der Waals surface area contributed by atoms with Gasteiger partial charge in [-0.05, 0) is 53.1 Å². The van der Waals surface area contributed by atoms with Crippen molar-refractivity contribution >= 4 is 40.0 Å². The van der Waals surface area contributed by atoms with Crippen LogP contribution in [0.5, 0.6) is 0 Å². The lowest BCUT2D eigenvalue weighted by atomic mass is 10.0. The van der Waals surface area contributed by atoms with Crippen LogP contribution in [-0.2, 0) is 11.3 Å². The van der Waals surface area contributed by atoms with Gasteiger partial charge in [-0.3, -0.25) is 4.79 Å². The Bertz CT molecular complexity index is 453. The summed E-state index contributed by atoms with van der Waals surface area (Å²) in [6, 6.07) is 7.74. The molecule has 1 aliphatic carbocycles. The number of ketones is 1. The molecule has 1 aromatic carbocycles. The van der Waals surface area contributed by atoms with Crippen molar-refractivity contribution < 1.29 is 4.79 Å². The van der Waals surface area contributed by atoms with Crippen molar-refractivity contribution in [3.63, 3.8) is 0 Å². The van der Waals surface area contributed by atoms with Gasteiger partial charge in [0.25, 0.3) is 0 Å². The summed E-state index contributed by atoms with van der Waals surface area (Å²) in [7, 11) is 0. The molecular formula is C13H13ClINO. The van der Waals surface area contributed by atoms with E-state index in [-0.39, 0.29) is 5.78 Å². The molecule has 0 saturated heterocycles. The Hall–Kier alpha value is -0.550. The highest BCUT2D eigenvalue weighted by Gasteiger charge is 2.17. The first-order valence-corrected chi connectivity index (χ1v) is 7.02. The molecule has 0 heterocycles. The molecule has 90 valence electrons. The van der Waals surface area contributed by atoms with Gasteiger partial charge in [0.2, 0.25) is 0 Å². The Morgan fingerprint density at radius 3 is 2.65 bits per heavy atom. The third-order valence-electron chi connectivity index (χ3n) is 2.76. The fraction of sp³-hybridized carbons (Fsp3) is 0.308. The molecule has 1 aliphatic rings. The summed E-state index contributed by atoms with van der Waals surface area (Å²) in [5.41, 5.74) is 2.25. The van der Waals surface area contributed by atoms with Crippen LogP contribution >= 0.6 is 34.2 Å². The average molecular weight is 362 g/mol. The highest BCUT2D eigenvalue weighted by Crippen LogP contribution is 2.25. The minimum absolute atomic E-state index is 0.260. The molecule has 0 radical (unpaired) electrons. The van der Waals surface area contributed by atoms with E-state index in [1.165, 1.54) is 5.56 Å². The molecule has 17 heavy (non-hydrogen) atoms.